The number of carbonyl (C=O) groups excluding carboxylic acids is 1. The van der Waals surface area contributed by atoms with Crippen LogP contribution in [-0.2, 0) is 14.0 Å². The summed E-state index contributed by atoms with van der Waals surface area (Å²) < 4.78 is 13.2. The van der Waals surface area contributed by atoms with E-state index in [2.05, 4.69) is 4.98 Å². The maximum absolute atomic E-state index is 12.3. The Kier molecular flexibility index (Phi) is 6.07. The van der Waals surface area contributed by atoms with Crippen molar-refractivity contribution >= 4 is 14.2 Å². The average Bonchev–Trinajstić information content (AvgIpc) is 2.77. The van der Waals surface area contributed by atoms with Gasteiger partial charge in [-0.3, -0.25) is 19.1 Å². The van der Waals surface area contributed by atoms with Gasteiger partial charge in [0.05, 0.1) is 13.0 Å². The summed E-state index contributed by atoms with van der Waals surface area (Å²) in [4.78, 5) is 37.5. The third kappa shape index (κ3) is 4.13. The number of primary amides is 1. The van der Waals surface area contributed by atoms with Crippen molar-refractivity contribution in [1.29, 1.82) is 0 Å². The number of nitrogens with two attached hydrogens (primary N) is 1. The van der Waals surface area contributed by atoms with Gasteiger partial charge >= 0.3 is 5.69 Å². The lowest BCUT2D eigenvalue weighted by molar-refractivity contribution is -0.133. The fraction of sp³-hybridized carbons (Fsp3) is 0.706. The second kappa shape index (κ2) is 7.56. The predicted octanol–water partition coefficient (Wildman–Crippen LogP) is -0.577. The van der Waals surface area contributed by atoms with E-state index >= 15 is 0 Å². The van der Waals surface area contributed by atoms with Crippen LogP contribution in [0.15, 0.2) is 21.9 Å². The van der Waals surface area contributed by atoms with Gasteiger partial charge in [-0.25, -0.2) is 4.79 Å². The van der Waals surface area contributed by atoms with Gasteiger partial charge in [0, 0.05) is 12.3 Å². The van der Waals surface area contributed by atoms with E-state index in [4.69, 9.17) is 14.9 Å². The molecule has 1 aromatic heterocycles. The Hall–Kier alpha value is -1.79. The molecule has 0 aromatic carbocycles. The number of ether oxygens (including phenoxy) is 1. The average molecular weight is 416 g/mol. The summed E-state index contributed by atoms with van der Waals surface area (Å²) in [7, 11) is -2.52. The number of aliphatic hydroxyl groups is 2. The van der Waals surface area contributed by atoms with E-state index in [0.29, 0.717) is 0 Å². The molecule has 0 aliphatic carbocycles. The SMILES string of the molecule is CC(C)(C)[Si](C)(C)O[C@H]1[C@H](n2ccc(=O)[nH]c2=O)O[C@H](CO)[C@]1(O)CC(N)=O. The molecule has 2 heterocycles. The van der Waals surface area contributed by atoms with Crippen LogP contribution in [0.2, 0.25) is 18.1 Å². The van der Waals surface area contributed by atoms with Crippen molar-refractivity contribution in [2.24, 2.45) is 5.73 Å². The van der Waals surface area contributed by atoms with E-state index in [1.807, 2.05) is 33.9 Å². The first kappa shape index (κ1) is 22.5. The van der Waals surface area contributed by atoms with Crippen molar-refractivity contribution in [3.8, 4) is 0 Å². The topological polar surface area (TPSA) is 157 Å². The fourth-order valence-corrected chi connectivity index (χ4v) is 4.28. The first-order chi connectivity index (χ1) is 12.7. The molecule has 0 bridgehead atoms. The van der Waals surface area contributed by atoms with Gasteiger partial charge in [-0.2, -0.15) is 0 Å². The normalized spacial score (nSPS) is 28.5. The molecule has 5 N–H and O–H groups in total. The molecule has 28 heavy (non-hydrogen) atoms. The quantitative estimate of drug-likeness (QED) is 0.453. The highest BCUT2D eigenvalue weighted by Crippen LogP contribution is 2.46. The van der Waals surface area contributed by atoms with Crippen molar-refractivity contribution in [1.82, 2.24) is 9.55 Å². The smallest absolute Gasteiger partial charge is 0.330 e. The monoisotopic (exact) mass is 415 g/mol. The summed E-state index contributed by atoms with van der Waals surface area (Å²) in [5.74, 6) is -0.803. The van der Waals surface area contributed by atoms with Crippen LogP contribution in [0, 0.1) is 0 Å². The predicted molar refractivity (Wildman–Crippen MR) is 103 cm³/mol. The number of nitrogens with zero attached hydrogens (tertiary/aromatic N) is 1. The van der Waals surface area contributed by atoms with Crippen LogP contribution >= 0.6 is 0 Å². The molecule has 11 heteroatoms. The Labute approximate surface area is 163 Å². The number of aliphatic hydroxyl groups excluding tert-OH is 1. The zero-order valence-corrected chi connectivity index (χ0v) is 17.8. The van der Waals surface area contributed by atoms with Gasteiger partial charge < -0.3 is 25.1 Å². The van der Waals surface area contributed by atoms with Crippen LogP contribution in [0.4, 0.5) is 0 Å². The first-order valence-electron chi connectivity index (χ1n) is 8.99. The number of hydrogen-bond donors (Lipinski definition) is 4. The van der Waals surface area contributed by atoms with Crippen LogP contribution in [-0.4, -0.2) is 58.4 Å². The molecule has 2 rings (SSSR count). The van der Waals surface area contributed by atoms with E-state index in [9.17, 15) is 24.6 Å². The van der Waals surface area contributed by atoms with Gasteiger partial charge in [0.25, 0.3) is 5.56 Å². The fourth-order valence-electron chi connectivity index (χ4n) is 2.98. The zero-order chi connectivity index (χ0) is 21.5. The van der Waals surface area contributed by atoms with Crippen molar-refractivity contribution in [2.75, 3.05) is 6.61 Å². The molecule has 1 aliphatic rings. The van der Waals surface area contributed by atoms with Gasteiger partial charge in [-0.1, -0.05) is 20.8 Å². The van der Waals surface area contributed by atoms with Crippen molar-refractivity contribution in [3.63, 3.8) is 0 Å². The summed E-state index contributed by atoms with van der Waals surface area (Å²) in [6, 6.07) is 1.13. The molecule has 1 saturated heterocycles. The lowest BCUT2D eigenvalue weighted by Gasteiger charge is -2.43. The number of rotatable bonds is 6. The van der Waals surface area contributed by atoms with E-state index in [1.165, 1.54) is 6.20 Å². The van der Waals surface area contributed by atoms with Crippen LogP contribution in [0.3, 0.4) is 0 Å². The third-order valence-electron chi connectivity index (χ3n) is 5.59. The van der Waals surface area contributed by atoms with Crippen molar-refractivity contribution in [2.45, 2.75) is 69.4 Å². The second-order valence-electron chi connectivity index (χ2n) is 8.65. The Balaban J connectivity index is 2.60. The molecule has 4 atom stereocenters. The molecule has 0 radical (unpaired) electrons. The molecule has 1 aromatic rings. The summed E-state index contributed by atoms with van der Waals surface area (Å²) in [6.45, 7) is 9.25. The van der Waals surface area contributed by atoms with E-state index in [0.717, 1.165) is 10.6 Å². The molecule has 10 nitrogen and oxygen atoms in total. The van der Waals surface area contributed by atoms with Gasteiger partial charge in [0.15, 0.2) is 14.5 Å². The molecule has 1 fully saturated rings. The highest BCUT2D eigenvalue weighted by molar-refractivity contribution is 6.74. The zero-order valence-electron chi connectivity index (χ0n) is 16.8. The third-order valence-corrected chi connectivity index (χ3v) is 10.0. The first-order valence-corrected chi connectivity index (χ1v) is 11.9. The molecular formula is C17H29N3O7Si. The Bertz CT molecular complexity index is 844. The van der Waals surface area contributed by atoms with E-state index in [1.54, 1.807) is 0 Å². The molecule has 158 valence electrons. The number of aromatic amines is 1. The number of hydrogen-bond acceptors (Lipinski definition) is 7. The largest absolute Gasteiger partial charge is 0.406 e. The number of aromatic nitrogens is 2. The lowest BCUT2D eigenvalue weighted by Crippen LogP contribution is -2.57. The molecule has 1 amide bonds. The molecule has 0 saturated carbocycles. The van der Waals surface area contributed by atoms with E-state index in [-0.39, 0.29) is 5.04 Å². The Morgan fingerprint density at radius 1 is 1.43 bits per heavy atom. The minimum atomic E-state index is -2.52. The van der Waals surface area contributed by atoms with Gasteiger partial charge in [-0.05, 0) is 18.1 Å². The Morgan fingerprint density at radius 3 is 2.50 bits per heavy atom. The van der Waals surface area contributed by atoms with Crippen LogP contribution < -0.4 is 17.0 Å². The highest BCUT2D eigenvalue weighted by Gasteiger charge is 2.60. The molecular weight excluding hydrogens is 386 g/mol. The minimum Gasteiger partial charge on any atom is -0.406 e. The number of nitrogens with one attached hydrogen (secondary N) is 1. The van der Waals surface area contributed by atoms with Crippen LogP contribution in [0.5, 0.6) is 0 Å². The van der Waals surface area contributed by atoms with Crippen molar-refractivity contribution < 1.29 is 24.2 Å². The molecule has 0 unspecified atom stereocenters. The van der Waals surface area contributed by atoms with Gasteiger partial charge in [-0.15, -0.1) is 0 Å². The minimum absolute atomic E-state index is 0.252. The summed E-state index contributed by atoms with van der Waals surface area (Å²) >= 11 is 0. The number of carbonyl (C=O) groups is 1. The van der Waals surface area contributed by atoms with Crippen LogP contribution in [0.25, 0.3) is 0 Å². The van der Waals surface area contributed by atoms with Gasteiger partial charge in [0.1, 0.15) is 17.8 Å². The highest BCUT2D eigenvalue weighted by atomic mass is 28.4. The number of amides is 1. The van der Waals surface area contributed by atoms with Crippen LogP contribution in [0.1, 0.15) is 33.4 Å². The lowest BCUT2D eigenvalue weighted by atomic mass is 9.88. The maximum Gasteiger partial charge on any atom is 0.330 e. The Morgan fingerprint density at radius 2 is 2.04 bits per heavy atom. The summed E-state index contributed by atoms with van der Waals surface area (Å²) in [5, 5.41) is 20.8. The van der Waals surface area contributed by atoms with E-state index < -0.39 is 62.5 Å². The second-order valence-corrected chi connectivity index (χ2v) is 13.4. The molecule has 0 spiro atoms. The molecule has 1 aliphatic heterocycles. The summed E-state index contributed by atoms with van der Waals surface area (Å²) in [5.41, 5.74) is 2.02. The standard InChI is InChI=1S/C17H29N3O7Si/c1-16(2,3)28(4,5)27-13-14(20-7-6-12(23)19-15(20)24)26-10(9-21)17(13,25)8-11(18)22/h6-7,10,13-14,21,25H,8-9H2,1-5H3,(H2,18,22)(H,19,23,24)/t10-,13+,14-,17-/m1/s1. The maximum atomic E-state index is 12.3. The summed E-state index contributed by atoms with van der Waals surface area (Å²) in [6.07, 6.45) is -2.84. The van der Waals surface area contributed by atoms with Crippen molar-refractivity contribution in [3.05, 3.63) is 33.1 Å². The van der Waals surface area contributed by atoms with Gasteiger partial charge in [0.2, 0.25) is 5.91 Å². The number of H-pyrrole nitrogens is 1.